The first-order valence-electron chi connectivity index (χ1n) is 14.4. The number of imidazole rings is 1. The molecule has 0 spiro atoms. The summed E-state index contributed by atoms with van der Waals surface area (Å²) in [5.41, 5.74) is 3.38. The van der Waals surface area contributed by atoms with Crippen molar-refractivity contribution < 1.29 is 28.5 Å². The van der Waals surface area contributed by atoms with Gasteiger partial charge in [0.15, 0.2) is 17.6 Å². The van der Waals surface area contributed by atoms with Crippen molar-refractivity contribution in [2.75, 3.05) is 19.8 Å². The standard InChI is InChI=1S/C32H29ClFN3O5/c33-19-5-6-21(22(34)14-19)28-16-41-27-3-1-2-20(31(27)42-28)17-8-10-36-15-29-35-23-7-4-18(32(38)39)13-24(23)37(29)30(25(36)12-17)26-9-11-40-26/h1-7,13-14,17,25-26,28,30H,8-12,15-16H2,(H,38,39)/t17?,25?,26?,28-,30?/m0/s1. The van der Waals surface area contributed by atoms with Gasteiger partial charge in [-0.15, -0.1) is 0 Å². The predicted molar refractivity (Wildman–Crippen MR) is 153 cm³/mol. The molecule has 1 N–H and O–H groups in total. The van der Waals surface area contributed by atoms with Crippen LogP contribution in [0.3, 0.4) is 0 Å². The van der Waals surface area contributed by atoms with Gasteiger partial charge in [-0.2, -0.15) is 0 Å². The molecule has 0 aliphatic carbocycles. The number of nitrogens with zero attached hydrogens (tertiary/aromatic N) is 3. The minimum absolute atomic E-state index is 0.00645. The Kier molecular flexibility index (Phi) is 6.17. The van der Waals surface area contributed by atoms with Gasteiger partial charge in [-0.25, -0.2) is 14.2 Å². The molecule has 10 heteroatoms. The maximum atomic E-state index is 14.8. The van der Waals surface area contributed by atoms with E-state index in [2.05, 4.69) is 15.5 Å². The van der Waals surface area contributed by atoms with Crippen molar-refractivity contribution in [2.45, 2.75) is 56.0 Å². The number of carbonyl (C=O) groups is 1. The maximum Gasteiger partial charge on any atom is 0.335 e. The lowest BCUT2D eigenvalue weighted by atomic mass is 9.79. The zero-order chi connectivity index (χ0) is 28.5. The largest absolute Gasteiger partial charge is 0.485 e. The molecule has 1 aromatic heterocycles. The maximum absolute atomic E-state index is 14.8. The van der Waals surface area contributed by atoms with Crippen LogP contribution in [0.2, 0.25) is 5.02 Å². The summed E-state index contributed by atoms with van der Waals surface area (Å²) in [5.74, 6) is 1.12. The second-order valence-corrected chi connectivity index (χ2v) is 12.0. The van der Waals surface area contributed by atoms with E-state index >= 15 is 0 Å². The number of rotatable bonds is 4. The van der Waals surface area contributed by atoms with Crippen LogP contribution in [-0.2, 0) is 11.3 Å². The molecule has 4 aromatic rings. The van der Waals surface area contributed by atoms with Crippen molar-refractivity contribution in [2.24, 2.45) is 0 Å². The van der Waals surface area contributed by atoms with Gasteiger partial charge in [-0.05, 0) is 68.1 Å². The van der Waals surface area contributed by atoms with Gasteiger partial charge in [0.25, 0.3) is 0 Å². The van der Waals surface area contributed by atoms with Crippen LogP contribution in [0.4, 0.5) is 4.39 Å². The summed E-state index contributed by atoms with van der Waals surface area (Å²) in [6.45, 7) is 2.51. The fourth-order valence-electron chi connectivity index (χ4n) is 7.24. The Hall–Kier alpha value is -3.66. The van der Waals surface area contributed by atoms with Crippen molar-refractivity contribution in [3.05, 3.63) is 88.0 Å². The number of piperidine rings is 1. The number of carboxylic acid groups (broad SMARTS) is 1. The van der Waals surface area contributed by atoms with Crippen LogP contribution in [0, 0.1) is 5.82 Å². The van der Waals surface area contributed by atoms with Crippen LogP contribution in [0.1, 0.15) is 64.6 Å². The molecule has 0 amide bonds. The molecule has 0 bridgehead atoms. The van der Waals surface area contributed by atoms with Crippen molar-refractivity contribution >= 4 is 28.6 Å². The number of carboxylic acids is 1. The molecule has 5 atom stereocenters. The van der Waals surface area contributed by atoms with Gasteiger partial charge in [0.2, 0.25) is 0 Å². The van der Waals surface area contributed by atoms with Crippen LogP contribution < -0.4 is 9.47 Å². The summed E-state index contributed by atoms with van der Waals surface area (Å²) in [6, 6.07) is 16.0. The normalized spacial score (nSPS) is 26.8. The molecule has 2 saturated heterocycles. The topological polar surface area (TPSA) is 86.0 Å². The highest BCUT2D eigenvalue weighted by atomic mass is 35.5. The summed E-state index contributed by atoms with van der Waals surface area (Å²) < 4.78 is 35.7. The lowest BCUT2D eigenvalue weighted by molar-refractivity contribution is -0.112. The molecule has 2 fully saturated rings. The van der Waals surface area contributed by atoms with Crippen LogP contribution in [0.5, 0.6) is 11.5 Å². The molecule has 5 heterocycles. The average molecular weight is 590 g/mol. The molecule has 42 heavy (non-hydrogen) atoms. The van der Waals surface area contributed by atoms with E-state index in [9.17, 15) is 14.3 Å². The molecule has 4 unspecified atom stereocenters. The first-order chi connectivity index (χ1) is 20.4. The summed E-state index contributed by atoms with van der Waals surface area (Å²) >= 11 is 5.99. The predicted octanol–water partition coefficient (Wildman–Crippen LogP) is 6.13. The van der Waals surface area contributed by atoms with Gasteiger partial charge in [0.05, 0.1) is 35.3 Å². The van der Waals surface area contributed by atoms with Crippen molar-refractivity contribution in [1.29, 1.82) is 0 Å². The zero-order valence-electron chi connectivity index (χ0n) is 22.7. The molecule has 4 aliphatic heterocycles. The molecule has 8 nitrogen and oxygen atoms in total. The van der Waals surface area contributed by atoms with E-state index in [4.69, 9.17) is 30.8 Å². The van der Waals surface area contributed by atoms with Gasteiger partial charge in [0.1, 0.15) is 18.2 Å². The first kappa shape index (κ1) is 26.0. The Balaban J connectivity index is 1.14. The molecule has 0 radical (unpaired) electrons. The lowest BCUT2D eigenvalue weighted by Gasteiger charge is -2.51. The van der Waals surface area contributed by atoms with Crippen LogP contribution in [0.25, 0.3) is 11.0 Å². The van der Waals surface area contributed by atoms with E-state index in [1.165, 1.54) is 6.07 Å². The van der Waals surface area contributed by atoms with Crippen LogP contribution in [0.15, 0.2) is 54.6 Å². The fraction of sp³-hybridized carbons (Fsp3) is 0.375. The number of hydrogen-bond acceptors (Lipinski definition) is 6. The van der Waals surface area contributed by atoms with E-state index in [1.54, 1.807) is 30.3 Å². The minimum Gasteiger partial charge on any atom is -0.485 e. The minimum atomic E-state index is -0.952. The van der Waals surface area contributed by atoms with Crippen molar-refractivity contribution in [3.63, 3.8) is 0 Å². The third-order valence-corrected chi connectivity index (χ3v) is 9.57. The highest BCUT2D eigenvalue weighted by Gasteiger charge is 2.47. The molecule has 4 aliphatic rings. The highest BCUT2D eigenvalue weighted by molar-refractivity contribution is 6.30. The number of para-hydroxylation sites is 1. The Morgan fingerprint density at radius 1 is 1.10 bits per heavy atom. The van der Waals surface area contributed by atoms with Gasteiger partial charge in [-0.3, -0.25) is 4.90 Å². The smallest absolute Gasteiger partial charge is 0.335 e. The van der Waals surface area contributed by atoms with Crippen molar-refractivity contribution in [1.82, 2.24) is 14.5 Å². The SMILES string of the molecule is O=C(O)c1ccc2nc3n(c2c1)C(C1CCO1)C1CC(c2cccc4c2O[C@H](c2ccc(Cl)cc2F)CO4)CCN1C3. The van der Waals surface area contributed by atoms with E-state index in [0.29, 0.717) is 28.6 Å². The number of benzene rings is 3. The number of aromatic carboxylic acids is 1. The Labute approximate surface area is 246 Å². The molecule has 3 aromatic carbocycles. The number of ether oxygens (including phenoxy) is 3. The fourth-order valence-corrected chi connectivity index (χ4v) is 7.40. The molecular weight excluding hydrogens is 561 g/mol. The number of halogens is 2. The average Bonchev–Trinajstić information content (AvgIpc) is 3.32. The molecule has 216 valence electrons. The third kappa shape index (κ3) is 4.17. The lowest BCUT2D eigenvalue weighted by Crippen LogP contribution is -2.55. The summed E-state index contributed by atoms with van der Waals surface area (Å²) in [5, 5.41) is 10.0. The van der Waals surface area contributed by atoms with E-state index in [0.717, 1.165) is 54.8 Å². The number of fused-ring (bicyclic) bond motifs is 5. The Morgan fingerprint density at radius 3 is 2.76 bits per heavy atom. The second-order valence-electron chi connectivity index (χ2n) is 11.6. The van der Waals surface area contributed by atoms with Gasteiger partial charge in [-0.1, -0.05) is 29.8 Å². The zero-order valence-corrected chi connectivity index (χ0v) is 23.5. The summed E-state index contributed by atoms with van der Waals surface area (Å²) in [4.78, 5) is 19.2. The van der Waals surface area contributed by atoms with Gasteiger partial charge < -0.3 is 23.9 Å². The van der Waals surface area contributed by atoms with Crippen LogP contribution >= 0.6 is 11.6 Å². The summed E-state index contributed by atoms with van der Waals surface area (Å²) in [7, 11) is 0. The Bertz CT molecular complexity index is 1720. The van der Waals surface area contributed by atoms with E-state index in [-0.39, 0.29) is 36.3 Å². The third-order valence-electron chi connectivity index (χ3n) is 9.33. The van der Waals surface area contributed by atoms with Gasteiger partial charge >= 0.3 is 5.97 Å². The monoisotopic (exact) mass is 589 g/mol. The number of hydrogen-bond donors (Lipinski definition) is 1. The van der Waals surface area contributed by atoms with Crippen LogP contribution in [-0.4, -0.2) is 57.4 Å². The molecule has 8 rings (SSSR count). The quantitative estimate of drug-likeness (QED) is 0.306. The van der Waals surface area contributed by atoms with E-state index in [1.807, 2.05) is 12.1 Å². The summed E-state index contributed by atoms with van der Waals surface area (Å²) in [6.07, 6.45) is 2.19. The second kappa shape index (κ2) is 9.97. The van der Waals surface area contributed by atoms with Crippen molar-refractivity contribution in [3.8, 4) is 11.5 Å². The van der Waals surface area contributed by atoms with Gasteiger partial charge in [0, 0.05) is 28.8 Å². The highest BCUT2D eigenvalue weighted by Crippen LogP contribution is 2.49. The Morgan fingerprint density at radius 2 is 1.98 bits per heavy atom. The number of aromatic nitrogens is 2. The first-order valence-corrected chi connectivity index (χ1v) is 14.8. The van der Waals surface area contributed by atoms with E-state index < -0.39 is 17.9 Å². The molecule has 0 saturated carbocycles. The molecular formula is C32H29ClFN3O5.